The lowest BCUT2D eigenvalue weighted by molar-refractivity contribution is -0.122. The van der Waals surface area contributed by atoms with E-state index in [9.17, 15) is 4.79 Å². The van der Waals surface area contributed by atoms with Crippen molar-refractivity contribution in [1.29, 1.82) is 0 Å². The number of hydrogen-bond acceptors (Lipinski definition) is 2. The Morgan fingerprint density at radius 3 is 2.93 bits per heavy atom. The molecule has 0 aliphatic heterocycles. The zero-order valence-electron chi connectivity index (χ0n) is 8.33. The molecule has 5 heteroatoms. The van der Waals surface area contributed by atoms with Crippen molar-refractivity contribution in [3.05, 3.63) is 16.9 Å². The molecule has 0 unspecified atom stereocenters. The summed E-state index contributed by atoms with van der Waals surface area (Å²) in [6.45, 7) is 5.11. The van der Waals surface area contributed by atoms with E-state index in [4.69, 9.17) is 0 Å². The molecule has 0 spiro atoms. The van der Waals surface area contributed by atoms with E-state index in [2.05, 4.69) is 40.2 Å². The van der Waals surface area contributed by atoms with Crippen molar-refractivity contribution in [2.75, 3.05) is 6.54 Å². The molecule has 0 aromatic carbocycles. The smallest absolute Gasteiger partial charge is 0.241 e. The van der Waals surface area contributed by atoms with Crippen LogP contribution in [-0.2, 0) is 11.3 Å². The van der Waals surface area contributed by atoms with Crippen LogP contribution in [0.5, 0.6) is 0 Å². The van der Waals surface area contributed by atoms with Gasteiger partial charge < -0.3 is 5.32 Å². The zero-order chi connectivity index (χ0) is 10.6. The lowest BCUT2D eigenvalue weighted by Crippen LogP contribution is -2.30. The summed E-state index contributed by atoms with van der Waals surface area (Å²) in [5.41, 5.74) is 0. The number of carbonyl (C=O) groups is 1. The Balaban J connectivity index is 2.34. The van der Waals surface area contributed by atoms with E-state index in [0.29, 0.717) is 12.5 Å². The van der Waals surface area contributed by atoms with Gasteiger partial charge in [-0.1, -0.05) is 13.8 Å². The second kappa shape index (κ2) is 5.14. The summed E-state index contributed by atoms with van der Waals surface area (Å²) in [6.07, 6.45) is 3.44. The second-order valence-corrected chi connectivity index (χ2v) is 4.47. The average Bonchev–Trinajstić information content (AvgIpc) is 2.48. The quantitative estimate of drug-likeness (QED) is 0.889. The maximum atomic E-state index is 11.3. The third kappa shape index (κ3) is 3.91. The van der Waals surface area contributed by atoms with E-state index in [1.165, 1.54) is 0 Å². The fourth-order valence-electron chi connectivity index (χ4n) is 0.946. The largest absolute Gasteiger partial charge is 0.354 e. The van der Waals surface area contributed by atoms with Gasteiger partial charge >= 0.3 is 0 Å². The van der Waals surface area contributed by atoms with Crippen molar-refractivity contribution >= 4 is 21.8 Å². The van der Waals surface area contributed by atoms with Crippen LogP contribution in [0.1, 0.15) is 13.8 Å². The van der Waals surface area contributed by atoms with Gasteiger partial charge in [0.25, 0.3) is 0 Å². The van der Waals surface area contributed by atoms with Crippen LogP contribution in [-0.4, -0.2) is 22.2 Å². The van der Waals surface area contributed by atoms with E-state index in [1.807, 2.05) is 0 Å². The van der Waals surface area contributed by atoms with Crippen LogP contribution < -0.4 is 5.32 Å². The molecule has 1 rings (SSSR count). The number of carbonyl (C=O) groups excluding carboxylic acids is 1. The molecule has 4 nitrogen and oxygen atoms in total. The summed E-state index contributed by atoms with van der Waals surface area (Å²) >= 11 is 3.27. The minimum atomic E-state index is -0.00528. The molecule has 0 aliphatic rings. The van der Waals surface area contributed by atoms with Crippen LogP contribution in [0, 0.1) is 5.92 Å². The number of hydrogen-bond donors (Lipinski definition) is 1. The minimum absolute atomic E-state index is 0.00528. The van der Waals surface area contributed by atoms with Crippen LogP contribution >= 0.6 is 15.9 Å². The van der Waals surface area contributed by atoms with Gasteiger partial charge in [0.2, 0.25) is 5.91 Å². The lowest BCUT2D eigenvalue weighted by atomic mass is 10.2. The molecule has 0 fully saturated rings. The van der Waals surface area contributed by atoms with Gasteiger partial charge in [-0.15, -0.1) is 0 Å². The van der Waals surface area contributed by atoms with Gasteiger partial charge in [-0.2, -0.15) is 5.10 Å². The van der Waals surface area contributed by atoms with E-state index in [-0.39, 0.29) is 12.5 Å². The second-order valence-electron chi connectivity index (χ2n) is 3.55. The van der Waals surface area contributed by atoms with Crippen molar-refractivity contribution in [3.63, 3.8) is 0 Å². The maximum Gasteiger partial charge on any atom is 0.241 e. The first-order valence-corrected chi connectivity index (χ1v) is 5.32. The molecule has 0 bridgehead atoms. The number of halogens is 1. The minimum Gasteiger partial charge on any atom is -0.354 e. The molecule has 78 valence electrons. The van der Waals surface area contributed by atoms with Gasteiger partial charge in [-0.05, 0) is 21.8 Å². The molecular formula is C9H14BrN3O. The Labute approximate surface area is 91.8 Å². The fraction of sp³-hybridized carbons (Fsp3) is 0.556. The Morgan fingerprint density at radius 2 is 2.43 bits per heavy atom. The first kappa shape index (κ1) is 11.2. The zero-order valence-corrected chi connectivity index (χ0v) is 9.91. The van der Waals surface area contributed by atoms with Crippen molar-refractivity contribution < 1.29 is 4.79 Å². The first-order chi connectivity index (χ1) is 6.58. The highest BCUT2D eigenvalue weighted by atomic mass is 79.9. The van der Waals surface area contributed by atoms with Crippen LogP contribution in [0.4, 0.5) is 0 Å². The number of nitrogens with one attached hydrogen (secondary N) is 1. The SMILES string of the molecule is CC(C)CNC(=O)Cn1cc(Br)cn1. The third-order valence-corrected chi connectivity index (χ3v) is 2.02. The first-order valence-electron chi connectivity index (χ1n) is 4.52. The number of rotatable bonds is 4. The van der Waals surface area contributed by atoms with E-state index in [0.717, 1.165) is 4.47 Å². The molecule has 1 heterocycles. The molecule has 1 aromatic heterocycles. The van der Waals surface area contributed by atoms with E-state index in [1.54, 1.807) is 17.1 Å². The lowest BCUT2D eigenvalue weighted by Gasteiger charge is -2.07. The van der Waals surface area contributed by atoms with Crippen molar-refractivity contribution in [3.8, 4) is 0 Å². The topological polar surface area (TPSA) is 46.9 Å². The monoisotopic (exact) mass is 259 g/mol. The Kier molecular flexibility index (Phi) is 4.13. The maximum absolute atomic E-state index is 11.3. The average molecular weight is 260 g/mol. The van der Waals surface area contributed by atoms with Gasteiger partial charge in [0, 0.05) is 12.7 Å². The standard InChI is InChI=1S/C9H14BrN3O/c1-7(2)3-11-9(14)6-13-5-8(10)4-12-13/h4-5,7H,3,6H2,1-2H3,(H,11,14). The molecule has 0 aliphatic carbocycles. The van der Waals surface area contributed by atoms with Crippen LogP contribution in [0.2, 0.25) is 0 Å². The fourth-order valence-corrected chi connectivity index (χ4v) is 1.27. The molecule has 1 aromatic rings. The van der Waals surface area contributed by atoms with Gasteiger partial charge in [0.15, 0.2) is 0 Å². The molecule has 1 amide bonds. The van der Waals surface area contributed by atoms with Gasteiger partial charge in [-0.3, -0.25) is 9.48 Å². The van der Waals surface area contributed by atoms with Crippen molar-refractivity contribution in [1.82, 2.24) is 15.1 Å². The summed E-state index contributed by atoms with van der Waals surface area (Å²) in [7, 11) is 0. The van der Waals surface area contributed by atoms with Crippen molar-refractivity contribution in [2.24, 2.45) is 5.92 Å². The van der Waals surface area contributed by atoms with E-state index < -0.39 is 0 Å². The number of aromatic nitrogens is 2. The predicted octanol–water partition coefficient (Wildman–Crippen LogP) is 1.42. The van der Waals surface area contributed by atoms with Crippen LogP contribution in [0.25, 0.3) is 0 Å². The van der Waals surface area contributed by atoms with E-state index >= 15 is 0 Å². The Hall–Kier alpha value is -0.840. The van der Waals surface area contributed by atoms with Crippen LogP contribution in [0.15, 0.2) is 16.9 Å². The number of nitrogens with zero attached hydrogens (tertiary/aromatic N) is 2. The highest BCUT2D eigenvalue weighted by molar-refractivity contribution is 9.10. The molecule has 14 heavy (non-hydrogen) atoms. The van der Waals surface area contributed by atoms with Gasteiger partial charge in [0.1, 0.15) is 6.54 Å². The van der Waals surface area contributed by atoms with Gasteiger partial charge in [-0.25, -0.2) is 0 Å². The molecule has 0 radical (unpaired) electrons. The number of amides is 1. The molecule has 0 saturated heterocycles. The molecule has 0 atom stereocenters. The van der Waals surface area contributed by atoms with Crippen molar-refractivity contribution in [2.45, 2.75) is 20.4 Å². The molecular weight excluding hydrogens is 246 g/mol. The summed E-state index contributed by atoms with van der Waals surface area (Å²) in [5.74, 6) is 0.470. The summed E-state index contributed by atoms with van der Waals surface area (Å²) < 4.78 is 2.48. The molecule has 1 N–H and O–H groups in total. The van der Waals surface area contributed by atoms with Gasteiger partial charge in [0.05, 0.1) is 10.7 Å². The van der Waals surface area contributed by atoms with Crippen LogP contribution in [0.3, 0.4) is 0 Å². The summed E-state index contributed by atoms with van der Waals surface area (Å²) in [6, 6.07) is 0. The summed E-state index contributed by atoms with van der Waals surface area (Å²) in [5, 5.41) is 6.82. The highest BCUT2D eigenvalue weighted by Crippen LogP contribution is 2.05. The Bertz CT molecular complexity index is 309. The highest BCUT2D eigenvalue weighted by Gasteiger charge is 2.03. The summed E-state index contributed by atoms with van der Waals surface area (Å²) in [4.78, 5) is 11.3. The Morgan fingerprint density at radius 1 is 1.71 bits per heavy atom. The third-order valence-electron chi connectivity index (χ3n) is 1.61. The molecule has 0 saturated carbocycles. The normalized spacial score (nSPS) is 10.6. The predicted molar refractivity (Wildman–Crippen MR) is 57.8 cm³/mol.